The lowest BCUT2D eigenvalue weighted by Crippen LogP contribution is -2.38. The van der Waals surface area contributed by atoms with E-state index >= 15 is 0 Å². The molecule has 2 rings (SSSR count). The Bertz CT molecular complexity index is 611. The number of hydrogen-bond acceptors (Lipinski definition) is 2. The fourth-order valence-corrected chi connectivity index (χ4v) is 2.14. The van der Waals surface area contributed by atoms with Crippen molar-refractivity contribution < 1.29 is 9.59 Å². The van der Waals surface area contributed by atoms with Crippen molar-refractivity contribution in [3.63, 3.8) is 0 Å². The van der Waals surface area contributed by atoms with Gasteiger partial charge >= 0.3 is 0 Å². The first kappa shape index (κ1) is 15.8. The molecule has 0 saturated carbocycles. The van der Waals surface area contributed by atoms with Gasteiger partial charge in [0.15, 0.2) is 0 Å². The maximum Gasteiger partial charge on any atom is 0.239 e. The highest BCUT2D eigenvalue weighted by Crippen LogP contribution is 2.10. The van der Waals surface area contributed by atoms with Gasteiger partial charge in [0.2, 0.25) is 11.8 Å². The molecule has 0 heterocycles. The van der Waals surface area contributed by atoms with Crippen LogP contribution < -0.4 is 10.6 Å². The molecule has 4 nitrogen and oxygen atoms in total. The van der Waals surface area contributed by atoms with Crippen LogP contribution in [-0.2, 0) is 16.0 Å². The van der Waals surface area contributed by atoms with E-state index in [9.17, 15) is 9.59 Å². The minimum absolute atomic E-state index is 0.0111. The summed E-state index contributed by atoms with van der Waals surface area (Å²) < 4.78 is 0. The van der Waals surface area contributed by atoms with Crippen molar-refractivity contribution in [2.75, 3.05) is 6.54 Å². The second-order valence-electron chi connectivity index (χ2n) is 5.14. The Morgan fingerprint density at radius 3 is 2.14 bits per heavy atom. The average molecular weight is 296 g/mol. The zero-order valence-electron chi connectivity index (χ0n) is 12.6. The fourth-order valence-electron chi connectivity index (χ4n) is 2.14. The van der Waals surface area contributed by atoms with Gasteiger partial charge in [-0.2, -0.15) is 0 Å². The van der Waals surface area contributed by atoms with E-state index in [2.05, 4.69) is 10.6 Å². The van der Waals surface area contributed by atoms with E-state index in [1.165, 1.54) is 0 Å². The van der Waals surface area contributed by atoms with Gasteiger partial charge in [-0.25, -0.2) is 0 Å². The summed E-state index contributed by atoms with van der Waals surface area (Å²) in [6, 6.07) is 19.1. The minimum atomic E-state index is -0.197. The van der Waals surface area contributed by atoms with Gasteiger partial charge in [-0.05, 0) is 18.1 Å². The quantitative estimate of drug-likeness (QED) is 0.859. The first-order valence-corrected chi connectivity index (χ1v) is 7.30. The third-order valence-corrected chi connectivity index (χ3v) is 3.33. The van der Waals surface area contributed by atoms with Crippen LogP contribution in [0.1, 0.15) is 24.1 Å². The molecule has 0 aliphatic heterocycles. The van der Waals surface area contributed by atoms with Gasteiger partial charge in [0.25, 0.3) is 0 Å². The smallest absolute Gasteiger partial charge is 0.239 e. The van der Waals surface area contributed by atoms with E-state index in [1.807, 2.05) is 67.6 Å². The zero-order valence-corrected chi connectivity index (χ0v) is 12.6. The molecule has 0 spiro atoms. The highest BCUT2D eigenvalue weighted by atomic mass is 16.2. The predicted molar refractivity (Wildman–Crippen MR) is 86.2 cm³/mol. The Labute approximate surface area is 130 Å². The largest absolute Gasteiger partial charge is 0.348 e. The molecule has 2 amide bonds. The molecule has 0 radical (unpaired) electrons. The van der Waals surface area contributed by atoms with Crippen LogP contribution in [0.4, 0.5) is 0 Å². The van der Waals surface area contributed by atoms with E-state index in [-0.39, 0.29) is 30.8 Å². The molecule has 4 heteroatoms. The molecule has 22 heavy (non-hydrogen) atoms. The summed E-state index contributed by atoms with van der Waals surface area (Å²) in [4.78, 5) is 23.6. The van der Waals surface area contributed by atoms with Crippen molar-refractivity contribution in [3.05, 3.63) is 71.8 Å². The molecule has 0 bridgehead atoms. The van der Waals surface area contributed by atoms with Crippen LogP contribution in [0.2, 0.25) is 0 Å². The average Bonchev–Trinajstić information content (AvgIpc) is 2.55. The first-order valence-electron chi connectivity index (χ1n) is 7.30. The molecule has 0 unspecified atom stereocenters. The Morgan fingerprint density at radius 2 is 1.50 bits per heavy atom. The lowest BCUT2D eigenvalue weighted by molar-refractivity contribution is -0.126. The van der Waals surface area contributed by atoms with Crippen molar-refractivity contribution in [1.29, 1.82) is 0 Å². The molecular formula is C18H20N2O2. The lowest BCUT2D eigenvalue weighted by atomic mass is 10.1. The third-order valence-electron chi connectivity index (χ3n) is 3.33. The summed E-state index contributed by atoms with van der Waals surface area (Å²) in [5.74, 6) is -0.355. The van der Waals surface area contributed by atoms with E-state index in [1.54, 1.807) is 0 Å². The van der Waals surface area contributed by atoms with Crippen molar-refractivity contribution in [3.8, 4) is 0 Å². The number of carbonyl (C=O) groups excluding carboxylic acids is 2. The standard InChI is InChI=1S/C18H20N2O2/c1-14(16-10-6-3-7-11-16)20-18(22)13-19-17(21)12-15-8-4-2-5-9-15/h2-11,14H,12-13H2,1H3,(H,19,21)(H,20,22)/t14-/m1/s1. The van der Waals surface area contributed by atoms with E-state index in [0.717, 1.165) is 11.1 Å². The van der Waals surface area contributed by atoms with Crippen LogP contribution in [0.15, 0.2) is 60.7 Å². The molecule has 0 saturated heterocycles. The molecule has 114 valence electrons. The maximum absolute atomic E-state index is 11.9. The highest BCUT2D eigenvalue weighted by molar-refractivity contribution is 5.85. The van der Waals surface area contributed by atoms with Gasteiger partial charge in [-0.3, -0.25) is 9.59 Å². The summed E-state index contributed by atoms with van der Waals surface area (Å²) in [5, 5.41) is 5.50. The van der Waals surface area contributed by atoms with Crippen LogP contribution in [0.5, 0.6) is 0 Å². The number of hydrogen-bond donors (Lipinski definition) is 2. The predicted octanol–water partition coefficient (Wildman–Crippen LogP) is 2.22. The van der Waals surface area contributed by atoms with Crippen LogP contribution >= 0.6 is 0 Å². The van der Waals surface area contributed by atoms with Gasteiger partial charge in [0.1, 0.15) is 0 Å². The molecular weight excluding hydrogens is 276 g/mol. The van der Waals surface area contributed by atoms with Gasteiger partial charge in [0, 0.05) is 0 Å². The number of nitrogens with one attached hydrogen (secondary N) is 2. The fraction of sp³-hybridized carbons (Fsp3) is 0.222. The van der Waals surface area contributed by atoms with Crippen LogP contribution in [0.25, 0.3) is 0 Å². The van der Waals surface area contributed by atoms with Crippen molar-refractivity contribution in [2.24, 2.45) is 0 Å². The molecule has 2 N–H and O–H groups in total. The van der Waals surface area contributed by atoms with Gasteiger partial charge in [-0.15, -0.1) is 0 Å². The molecule has 0 aromatic heterocycles. The normalized spacial score (nSPS) is 11.5. The van der Waals surface area contributed by atoms with Crippen molar-refractivity contribution in [2.45, 2.75) is 19.4 Å². The van der Waals surface area contributed by atoms with E-state index < -0.39 is 0 Å². The topological polar surface area (TPSA) is 58.2 Å². The number of rotatable bonds is 6. The Kier molecular flexibility index (Phi) is 5.72. The number of benzene rings is 2. The number of carbonyl (C=O) groups is 2. The Hall–Kier alpha value is -2.62. The van der Waals surface area contributed by atoms with Crippen LogP contribution in [-0.4, -0.2) is 18.4 Å². The molecule has 2 aromatic carbocycles. The molecule has 0 fully saturated rings. The van der Waals surface area contributed by atoms with Crippen LogP contribution in [0, 0.1) is 0 Å². The molecule has 1 atom stereocenters. The summed E-state index contributed by atoms with van der Waals surface area (Å²) >= 11 is 0. The van der Waals surface area contributed by atoms with Gasteiger partial charge in [-0.1, -0.05) is 60.7 Å². The second kappa shape index (κ2) is 7.98. The third kappa shape index (κ3) is 5.05. The summed E-state index contributed by atoms with van der Waals surface area (Å²) in [5.41, 5.74) is 1.96. The Balaban J connectivity index is 1.74. The summed E-state index contributed by atoms with van der Waals surface area (Å²) in [6.45, 7) is 1.90. The molecule has 2 aromatic rings. The molecule has 0 aliphatic rings. The van der Waals surface area contributed by atoms with Crippen LogP contribution in [0.3, 0.4) is 0 Å². The second-order valence-corrected chi connectivity index (χ2v) is 5.14. The minimum Gasteiger partial charge on any atom is -0.348 e. The Morgan fingerprint density at radius 1 is 0.909 bits per heavy atom. The van der Waals surface area contributed by atoms with Gasteiger partial charge < -0.3 is 10.6 Å². The van der Waals surface area contributed by atoms with Gasteiger partial charge in [0.05, 0.1) is 19.0 Å². The lowest BCUT2D eigenvalue weighted by Gasteiger charge is -2.14. The van der Waals surface area contributed by atoms with Crippen molar-refractivity contribution >= 4 is 11.8 Å². The SMILES string of the molecule is C[C@@H](NC(=O)CNC(=O)Cc1ccccc1)c1ccccc1. The van der Waals surface area contributed by atoms with Crippen molar-refractivity contribution in [1.82, 2.24) is 10.6 Å². The maximum atomic E-state index is 11.9. The monoisotopic (exact) mass is 296 g/mol. The molecule has 0 aliphatic carbocycles. The highest BCUT2D eigenvalue weighted by Gasteiger charge is 2.10. The van der Waals surface area contributed by atoms with E-state index in [4.69, 9.17) is 0 Å². The first-order chi connectivity index (χ1) is 10.6. The summed E-state index contributed by atoms with van der Waals surface area (Å²) in [7, 11) is 0. The van der Waals surface area contributed by atoms with E-state index in [0.29, 0.717) is 0 Å². The number of amides is 2. The summed E-state index contributed by atoms with van der Waals surface area (Å²) in [6.07, 6.45) is 0.280. The zero-order chi connectivity index (χ0) is 15.8.